The van der Waals surface area contributed by atoms with E-state index >= 15 is 0 Å². The Balaban J connectivity index is 1.87. The van der Waals surface area contributed by atoms with Crippen LogP contribution in [0.25, 0.3) is 0 Å². The van der Waals surface area contributed by atoms with Crippen molar-refractivity contribution in [2.75, 3.05) is 13.1 Å². The van der Waals surface area contributed by atoms with Gasteiger partial charge < -0.3 is 21.5 Å². The lowest BCUT2D eigenvalue weighted by molar-refractivity contribution is -0.150. The minimum absolute atomic E-state index is 0.126. The van der Waals surface area contributed by atoms with Crippen molar-refractivity contribution < 1.29 is 19.5 Å². The fourth-order valence-corrected chi connectivity index (χ4v) is 2.29. The number of carbonyl (C=O) groups excluding carboxylic acids is 2. The molecule has 0 aliphatic rings. The zero-order valence-electron chi connectivity index (χ0n) is 14.0. The largest absolute Gasteiger partial charge is 0.479 e. The van der Waals surface area contributed by atoms with E-state index in [1.165, 1.54) is 12.1 Å². The number of hydrogen-bond donors (Lipinski definition) is 4. The first-order chi connectivity index (χ1) is 12.4. The van der Waals surface area contributed by atoms with Gasteiger partial charge in [0.1, 0.15) is 0 Å². The molecule has 2 rings (SSSR count). The Kier molecular flexibility index (Phi) is 6.40. The summed E-state index contributed by atoms with van der Waals surface area (Å²) in [6.45, 7) is -0.0305. The van der Waals surface area contributed by atoms with Gasteiger partial charge in [-0.1, -0.05) is 36.4 Å². The van der Waals surface area contributed by atoms with Crippen molar-refractivity contribution in [1.82, 2.24) is 15.6 Å². The van der Waals surface area contributed by atoms with E-state index in [9.17, 15) is 19.5 Å². The smallest absolute Gasteiger partial charge is 0.338 e. The Morgan fingerprint density at radius 3 is 2.35 bits per heavy atom. The first-order valence-corrected chi connectivity index (χ1v) is 7.97. The van der Waals surface area contributed by atoms with Gasteiger partial charge in [0.2, 0.25) is 11.4 Å². The zero-order chi connectivity index (χ0) is 19.0. The van der Waals surface area contributed by atoms with Crippen molar-refractivity contribution in [3.63, 3.8) is 0 Å². The molecule has 8 nitrogen and oxygen atoms in total. The molecule has 26 heavy (non-hydrogen) atoms. The van der Waals surface area contributed by atoms with Crippen LogP contribution in [0.5, 0.6) is 0 Å². The topological polar surface area (TPSA) is 134 Å². The summed E-state index contributed by atoms with van der Waals surface area (Å²) >= 11 is 0. The third-order valence-corrected chi connectivity index (χ3v) is 3.76. The molecule has 1 aromatic heterocycles. The summed E-state index contributed by atoms with van der Waals surface area (Å²) < 4.78 is 0. The maximum atomic E-state index is 12.3. The molecule has 0 saturated carbocycles. The fraction of sp³-hybridized carbons (Fsp3) is 0.222. The lowest BCUT2D eigenvalue weighted by atomic mass is 9.90. The zero-order valence-corrected chi connectivity index (χ0v) is 14.0. The number of nitrogens with two attached hydrogens (primary N) is 1. The minimum Gasteiger partial charge on any atom is -0.479 e. The molecule has 0 spiro atoms. The molecule has 0 fully saturated rings. The molecule has 0 aliphatic carbocycles. The van der Waals surface area contributed by atoms with Crippen molar-refractivity contribution in [2.24, 2.45) is 5.73 Å². The second-order valence-corrected chi connectivity index (χ2v) is 5.58. The summed E-state index contributed by atoms with van der Waals surface area (Å²) in [6, 6.07) is 13.2. The summed E-state index contributed by atoms with van der Waals surface area (Å²) in [5.41, 5.74) is 4.50. The molecule has 1 heterocycles. The third kappa shape index (κ3) is 4.64. The van der Waals surface area contributed by atoms with Crippen LogP contribution in [0.1, 0.15) is 11.3 Å². The van der Waals surface area contributed by atoms with Crippen molar-refractivity contribution in [1.29, 1.82) is 0 Å². The highest BCUT2D eigenvalue weighted by molar-refractivity contribution is 6.07. The van der Waals surface area contributed by atoms with Crippen LogP contribution in [-0.2, 0) is 26.3 Å². The SMILES string of the molecule is NC(C(=O)O)(C(=O)NCC(=O)NCCc1ccccn1)c1ccccc1. The Labute approximate surface area is 150 Å². The van der Waals surface area contributed by atoms with Gasteiger partial charge in [-0.25, -0.2) is 4.79 Å². The van der Waals surface area contributed by atoms with Crippen molar-refractivity contribution >= 4 is 17.8 Å². The molecule has 1 unspecified atom stereocenters. The number of carboxylic acid groups (broad SMARTS) is 1. The third-order valence-electron chi connectivity index (χ3n) is 3.76. The van der Waals surface area contributed by atoms with Crippen LogP contribution >= 0.6 is 0 Å². The molecule has 8 heteroatoms. The summed E-state index contributed by atoms with van der Waals surface area (Å²) in [5.74, 6) is -2.91. The maximum Gasteiger partial charge on any atom is 0.338 e. The second-order valence-electron chi connectivity index (χ2n) is 5.58. The summed E-state index contributed by atoms with van der Waals surface area (Å²) in [6.07, 6.45) is 2.20. The number of carbonyl (C=O) groups is 3. The monoisotopic (exact) mass is 356 g/mol. The molecule has 0 bridgehead atoms. The van der Waals surface area contributed by atoms with E-state index in [-0.39, 0.29) is 12.1 Å². The highest BCUT2D eigenvalue weighted by Crippen LogP contribution is 2.18. The first-order valence-electron chi connectivity index (χ1n) is 7.97. The van der Waals surface area contributed by atoms with E-state index in [4.69, 9.17) is 5.73 Å². The van der Waals surface area contributed by atoms with Crippen LogP contribution in [0.3, 0.4) is 0 Å². The van der Waals surface area contributed by atoms with Crippen LogP contribution in [0.4, 0.5) is 0 Å². The van der Waals surface area contributed by atoms with Crippen LogP contribution in [-0.4, -0.2) is 41.0 Å². The lowest BCUT2D eigenvalue weighted by Gasteiger charge is -2.23. The molecule has 0 radical (unpaired) electrons. The molecular weight excluding hydrogens is 336 g/mol. The number of amides is 2. The van der Waals surface area contributed by atoms with Gasteiger partial charge >= 0.3 is 5.97 Å². The number of benzene rings is 1. The summed E-state index contributed by atoms with van der Waals surface area (Å²) in [5, 5.41) is 14.3. The lowest BCUT2D eigenvalue weighted by Crippen LogP contribution is -2.58. The average molecular weight is 356 g/mol. The molecule has 2 amide bonds. The van der Waals surface area contributed by atoms with Crippen molar-refractivity contribution in [2.45, 2.75) is 12.0 Å². The Bertz CT molecular complexity index is 767. The van der Waals surface area contributed by atoms with Crippen LogP contribution in [0.15, 0.2) is 54.7 Å². The van der Waals surface area contributed by atoms with Crippen LogP contribution in [0.2, 0.25) is 0 Å². The highest BCUT2D eigenvalue weighted by Gasteiger charge is 2.44. The van der Waals surface area contributed by atoms with E-state index < -0.39 is 23.3 Å². The van der Waals surface area contributed by atoms with Crippen molar-refractivity contribution in [3.05, 3.63) is 66.0 Å². The molecule has 0 saturated heterocycles. The number of hydrogen-bond acceptors (Lipinski definition) is 5. The quantitative estimate of drug-likeness (QED) is 0.484. The normalized spacial score (nSPS) is 12.7. The molecule has 136 valence electrons. The molecular formula is C18H20N4O4. The minimum atomic E-state index is -2.27. The molecule has 1 aromatic carbocycles. The fourth-order valence-electron chi connectivity index (χ4n) is 2.29. The number of nitrogens with one attached hydrogen (secondary N) is 2. The predicted molar refractivity (Wildman–Crippen MR) is 93.9 cm³/mol. The van der Waals surface area contributed by atoms with Gasteiger partial charge in [0.05, 0.1) is 6.54 Å². The van der Waals surface area contributed by atoms with E-state index in [1.54, 1.807) is 30.5 Å². The Morgan fingerprint density at radius 2 is 1.73 bits per heavy atom. The average Bonchev–Trinajstić information content (AvgIpc) is 2.66. The molecule has 1 atom stereocenters. The standard InChI is InChI=1S/C18H20N4O4/c19-18(17(25)26,13-6-2-1-3-7-13)16(24)22-12-15(23)21-11-9-14-8-4-5-10-20-14/h1-8,10H,9,11-12,19H2,(H,21,23)(H,22,24)(H,25,26). The van der Waals surface area contributed by atoms with Gasteiger partial charge in [-0.2, -0.15) is 0 Å². The summed E-state index contributed by atoms with van der Waals surface area (Å²) in [7, 11) is 0. The van der Waals surface area contributed by atoms with E-state index in [1.807, 2.05) is 12.1 Å². The van der Waals surface area contributed by atoms with E-state index in [0.29, 0.717) is 13.0 Å². The highest BCUT2D eigenvalue weighted by atomic mass is 16.4. The number of pyridine rings is 1. The number of carboxylic acids is 1. The summed E-state index contributed by atoms with van der Waals surface area (Å²) in [4.78, 5) is 39.8. The number of nitrogens with zero attached hydrogens (tertiary/aromatic N) is 1. The number of aromatic nitrogens is 1. The Hall–Kier alpha value is -3.26. The van der Waals surface area contributed by atoms with Crippen molar-refractivity contribution in [3.8, 4) is 0 Å². The van der Waals surface area contributed by atoms with E-state index in [0.717, 1.165) is 5.69 Å². The number of aliphatic carboxylic acids is 1. The van der Waals surface area contributed by atoms with Gasteiger partial charge in [0, 0.05) is 24.9 Å². The first kappa shape index (κ1) is 19.1. The van der Waals surface area contributed by atoms with Crippen LogP contribution in [0, 0.1) is 0 Å². The van der Waals surface area contributed by atoms with Gasteiger partial charge in [-0.3, -0.25) is 14.6 Å². The maximum absolute atomic E-state index is 12.3. The molecule has 0 aliphatic heterocycles. The van der Waals surface area contributed by atoms with Crippen LogP contribution < -0.4 is 16.4 Å². The molecule has 2 aromatic rings. The van der Waals surface area contributed by atoms with Gasteiger partial charge in [-0.15, -0.1) is 0 Å². The van der Waals surface area contributed by atoms with E-state index in [2.05, 4.69) is 15.6 Å². The molecule has 5 N–H and O–H groups in total. The number of rotatable bonds is 8. The predicted octanol–water partition coefficient (Wildman–Crippen LogP) is -0.205. The Morgan fingerprint density at radius 1 is 1.04 bits per heavy atom. The second kappa shape index (κ2) is 8.72. The van der Waals surface area contributed by atoms with Gasteiger partial charge in [-0.05, 0) is 17.7 Å². The van der Waals surface area contributed by atoms with Gasteiger partial charge in [0.15, 0.2) is 0 Å². The van der Waals surface area contributed by atoms with Gasteiger partial charge in [0.25, 0.3) is 5.91 Å².